The number of hydrogen-bond acceptors (Lipinski definition) is 15. The fourth-order valence-electron chi connectivity index (χ4n) is 6.74. The van der Waals surface area contributed by atoms with E-state index in [2.05, 4.69) is 13.8 Å². The third-order valence-electron chi connectivity index (χ3n) is 10.3. The molecule has 2 saturated heterocycles. The predicted octanol–water partition coefficient (Wildman–Crippen LogP) is 3.31. The summed E-state index contributed by atoms with van der Waals surface area (Å²) in [6.07, 6.45) is 4.94. The maximum atomic E-state index is 12.8. The van der Waals surface area contributed by atoms with Gasteiger partial charge in [0.2, 0.25) is 0 Å². The first kappa shape index (κ1) is 49.6. The predicted molar refractivity (Wildman–Crippen MR) is 201 cm³/mol. The third-order valence-corrected chi connectivity index (χ3v) is 10.3. The minimum atomic E-state index is -1.76. The highest BCUT2D eigenvalue weighted by molar-refractivity contribution is 5.70. The zero-order chi connectivity index (χ0) is 40.4. The van der Waals surface area contributed by atoms with Gasteiger partial charge in [-0.05, 0) is 12.8 Å². The molecule has 2 fully saturated rings. The number of unbranched alkanes of at least 4 members (excludes halogenated alkanes) is 17. The molecule has 2 aliphatic rings. The summed E-state index contributed by atoms with van der Waals surface area (Å²) in [5.74, 6) is -0.933. The number of hydrogen-bond donors (Lipinski definition) is 7. The van der Waals surface area contributed by atoms with Gasteiger partial charge in [0.25, 0.3) is 0 Å². The first-order chi connectivity index (χ1) is 26.5. The molecule has 15 nitrogen and oxygen atoms in total. The Morgan fingerprint density at radius 2 is 0.927 bits per heavy atom. The van der Waals surface area contributed by atoms with Gasteiger partial charge in [-0.1, -0.05) is 123 Å². The summed E-state index contributed by atoms with van der Waals surface area (Å²) in [7, 11) is 0. The van der Waals surface area contributed by atoms with E-state index in [1.165, 1.54) is 64.2 Å². The van der Waals surface area contributed by atoms with Crippen molar-refractivity contribution in [2.45, 2.75) is 216 Å². The van der Waals surface area contributed by atoms with Crippen molar-refractivity contribution >= 4 is 11.9 Å². The van der Waals surface area contributed by atoms with Crippen molar-refractivity contribution in [2.24, 2.45) is 0 Å². The van der Waals surface area contributed by atoms with E-state index in [0.29, 0.717) is 12.8 Å². The number of aliphatic hydroxyl groups excluding tert-OH is 7. The average molecular weight is 795 g/mol. The molecular weight excluding hydrogens is 720 g/mol. The minimum Gasteiger partial charge on any atom is -0.462 e. The van der Waals surface area contributed by atoms with Crippen molar-refractivity contribution in [1.29, 1.82) is 0 Å². The van der Waals surface area contributed by atoms with Gasteiger partial charge >= 0.3 is 11.9 Å². The molecule has 0 aromatic carbocycles. The van der Waals surface area contributed by atoms with Gasteiger partial charge in [0.1, 0.15) is 55.4 Å². The molecule has 0 spiro atoms. The van der Waals surface area contributed by atoms with E-state index in [4.69, 9.17) is 28.4 Å². The Hall–Kier alpha value is -1.50. The maximum absolute atomic E-state index is 12.8. The molecular formula is C40H74O15. The highest BCUT2D eigenvalue weighted by atomic mass is 16.7. The summed E-state index contributed by atoms with van der Waals surface area (Å²) < 4.78 is 33.2. The molecule has 0 amide bonds. The normalized spacial score (nSPS) is 28.9. The van der Waals surface area contributed by atoms with Gasteiger partial charge in [0.05, 0.1) is 19.8 Å². The highest BCUT2D eigenvalue weighted by Crippen LogP contribution is 2.26. The third kappa shape index (κ3) is 19.7. The van der Waals surface area contributed by atoms with E-state index in [-0.39, 0.29) is 26.1 Å². The lowest BCUT2D eigenvalue weighted by molar-refractivity contribution is -0.332. The molecule has 11 atom stereocenters. The van der Waals surface area contributed by atoms with Crippen LogP contribution >= 0.6 is 0 Å². The van der Waals surface area contributed by atoms with Gasteiger partial charge in [-0.3, -0.25) is 9.59 Å². The van der Waals surface area contributed by atoms with Crippen LogP contribution in [0, 0.1) is 0 Å². The number of carbonyl (C=O) groups is 2. The van der Waals surface area contributed by atoms with E-state index in [0.717, 1.165) is 44.9 Å². The second-order valence-corrected chi connectivity index (χ2v) is 15.2. The van der Waals surface area contributed by atoms with Crippen LogP contribution in [0.15, 0.2) is 0 Å². The Morgan fingerprint density at radius 1 is 0.509 bits per heavy atom. The average Bonchev–Trinajstić information content (AvgIpc) is 3.17. The zero-order valence-electron chi connectivity index (χ0n) is 33.4. The molecule has 2 aliphatic heterocycles. The Morgan fingerprint density at radius 3 is 1.42 bits per heavy atom. The lowest BCUT2D eigenvalue weighted by atomic mass is 9.98. The summed E-state index contributed by atoms with van der Waals surface area (Å²) >= 11 is 0. The van der Waals surface area contributed by atoms with E-state index in [1.54, 1.807) is 0 Å². The molecule has 7 N–H and O–H groups in total. The zero-order valence-corrected chi connectivity index (χ0v) is 33.4. The van der Waals surface area contributed by atoms with Gasteiger partial charge in [0.15, 0.2) is 18.7 Å². The van der Waals surface area contributed by atoms with Gasteiger partial charge in [0, 0.05) is 12.8 Å². The van der Waals surface area contributed by atoms with Gasteiger partial charge in [-0.2, -0.15) is 0 Å². The van der Waals surface area contributed by atoms with Crippen molar-refractivity contribution in [3.63, 3.8) is 0 Å². The number of esters is 2. The Bertz CT molecular complexity index is 986. The van der Waals surface area contributed by atoms with Gasteiger partial charge < -0.3 is 64.2 Å². The molecule has 0 aromatic rings. The molecule has 0 aromatic heterocycles. The number of aliphatic hydroxyl groups is 7. The summed E-state index contributed by atoms with van der Waals surface area (Å²) in [5.41, 5.74) is 0. The lowest BCUT2D eigenvalue weighted by Gasteiger charge is -2.42. The summed E-state index contributed by atoms with van der Waals surface area (Å²) in [5, 5.41) is 71.5. The minimum absolute atomic E-state index is 0.171. The number of ether oxygens (including phenoxy) is 6. The molecule has 2 heterocycles. The van der Waals surface area contributed by atoms with E-state index in [9.17, 15) is 45.3 Å². The van der Waals surface area contributed by atoms with Crippen molar-refractivity contribution in [2.75, 3.05) is 26.4 Å². The van der Waals surface area contributed by atoms with Crippen LogP contribution < -0.4 is 0 Å². The van der Waals surface area contributed by atoms with Crippen molar-refractivity contribution < 1.29 is 73.8 Å². The molecule has 55 heavy (non-hydrogen) atoms. The van der Waals surface area contributed by atoms with E-state index < -0.39 is 92.7 Å². The highest BCUT2D eigenvalue weighted by Gasteiger charge is 2.47. The monoisotopic (exact) mass is 795 g/mol. The SMILES string of the molecule is CCCCCCCCCCCCCCCCC(=O)OC(COC(=O)CCCCCCC)COC1OC(COC2OC(CO)C(O)C(O)C2O)C(O)C(O)C1O. The molecule has 15 heteroatoms. The van der Waals surface area contributed by atoms with Crippen LogP contribution in [-0.4, -0.2) is 142 Å². The van der Waals surface area contributed by atoms with Crippen molar-refractivity contribution in [3.8, 4) is 0 Å². The quantitative estimate of drug-likeness (QED) is 0.0394. The fraction of sp³-hybridized carbons (Fsp3) is 0.950. The van der Waals surface area contributed by atoms with Crippen molar-refractivity contribution in [3.05, 3.63) is 0 Å². The van der Waals surface area contributed by atoms with Crippen LogP contribution in [0.3, 0.4) is 0 Å². The molecule has 0 radical (unpaired) electrons. The van der Waals surface area contributed by atoms with Crippen LogP contribution in [0.25, 0.3) is 0 Å². The topological polar surface area (TPSA) is 231 Å². The Kier molecular flexibility index (Phi) is 26.8. The van der Waals surface area contributed by atoms with Crippen LogP contribution in [0.5, 0.6) is 0 Å². The fourth-order valence-corrected chi connectivity index (χ4v) is 6.74. The molecule has 0 aliphatic carbocycles. The first-order valence-electron chi connectivity index (χ1n) is 21.1. The van der Waals surface area contributed by atoms with E-state index in [1.807, 2.05) is 0 Å². The standard InChI is InChI=1S/C40H74O15/c1-3-5-7-9-10-11-12-13-14-15-16-17-19-21-23-32(43)53-28(25-50-31(42)22-20-18-8-6-4-2)26-51-39-38(49)36(47)34(45)30(55-39)27-52-40-37(48)35(46)33(44)29(24-41)54-40/h28-30,33-41,44-49H,3-27H2,1-2H3. The maximum Gasteiger partial charge on any atom is 0.306 e. The lowest BCUT2D eigenvalue weighted by Crippen LogP contribution is -2.61. The second kappa shape index (κ2) is 29.7. The largest absolute Gasteiger partial charge is 0.462 e. The van der Waals surface area contributed by atoms with Crippen LogP contribution in [0.2, 0.25) is 0 Å². The Balaban J connectivity index is 1.84. The van der Waals surface area contributed by atoms with E-state index >= 15 is 0 Å². The number of carbonyl (C=O) groups excluding carboxylic acids is 2. The van der Waals surface area contributed by atoms with Crippen LogP contribution in [-0.2, 0) is 38.0 Å². The van der Waals surface area contributed by atoms with Gasteiger partial charge in [-0.15, -0.1) is 0 Å². The molecule has 0 bridgehead atoms. The number of rotatable bonds is 31. The molecule has 11 unspecified atom stereocenters. The Labute approximate surface area is 328 Å². The van der Waals surface area contributed by atoms with Gasteiger partial charge in [-0.25, -0.2) is 0 Å². The molecule has 324 valence electrons. The summed E-state index contributed by atoms with van der Waals surface area (Å²) in [4.78, 5) is 25.3. The van der Waals surface area contributed by atoms with Crippen molar-refractivity contribution in [1.82, 2.24) is 0 Å². The van der Waals surface area contributed by atoms with Crippen LogP contribution in [0.1, 0.15) is 149 Å². The summed E-state index contributed by atoms with van der Waals surface area (Å²) in [6.45, 7) is 2.47. The molecule has 2 rings (SSSR count). The van der Waals surface area contributed by atoms with Crippen LogP contribution in [0.4, 0.5) is 0 Å². The summed E-state index contributed by atoms with van der Waals surface area (Å²) in [6, 6.07) is 0. The first-order valence-corrected chi connectivity index (χ1v) is 21.1. The smallest absolute Gasteiger partial charge is 0.306 e. The molecule has 0 saturated carbocycles. The second-order valence-electron chi connectivity index (χ2n) is 15.2.